The molecule has 24 heavy (non-hydrogen) atoms. The molecule has 6 nitrogen and oxygen atoms in total. The van der Waals surface area contributed by atoms with Gasteiger partial charge in [-0.2, -0.15) is 0 Å². The lowest BCUT2D eigenvalue weighted by Crippen LogP contribution is -2.28. The van der Waals surface area contributed by atoms with Crippen molar-refractivity contribution < 1.29 is 14.3 Å². The number of aromatic nitrogens is 1. The second-order valence-electron chi connectivity index (χ2n) is 5.74. The molecule has 1 N–H and O–H groups in total. The molecule has 2 heterocycles. The molecule has 128 valence electrons. The van der Waals surface area contributed by atoms with E-state index >= 15 is 0 Å². The number of benzene rings is 1. The van der Waals surface area contributed by atoms with Gasteiger partial charge in [-0.05, 0) is 31.5 Å². The van der Waals surface area contributed by atoms with Crippen molar-refractivity contribution in [3.63, 3.8) is 0 Å². The van der Waals surface area contributed by atoms with Gasteiger partial charge in [0.2, 0.25) is 5.91 Å². The van der Waals surface area contributed by atoms with Crippen molar-refractivity contribution in [3.8, 4) is 11.5 Å². The maximum Gasteiger partial charge on any atom is 0.307 e. The number of rotatable bonds is 5. The maximum atomic E-state index is 12.2. The molecule has 1 amide bonds. The Morgan fingerprint density at radius 2 is 2.08 bits per heavy atom. The Balaban J connectivity index is 1.59. The molecule has 3 rings (SSSR count). The second-order valence-corrected chi connectivity index (χ2v) is 6.56. The van der Waals surface area contributed by atoms with Gasteiger partial charge in [-0.25, -0.2) is 0 Å². The van der Waals surface area contributed by atoms with Gasteiger partial charge in [0.1, 0.15) is 13.2 Å². The molecule has 0 aliphatic carbocycles. The Bertz CT molecular complexity index is 796. The normalized spacial score (nSPS) is 14.2. The first kappa shape index (κ1) is 16.6. The summed E-state index contributed by atoms with van der Waals surface area (Å²) in [6.07, 6.45) is 0.270. The number of hydrogen-bond donors (Lipinski definition) is 1. The van der Waals surface area contributed by atoms with E-state index in [2.05, 4.69) is 5.32 Å². The Morgan fingerprint density at radius 3 is 2.79 bits per heavy atom. The van der Waals surface area contributed by atoms with Crippen molar-refractivity contribution in [3.05, 3.63) is 44.5 Å². The first-order chi connectivity index (χ1) is 11.5. The van der Waals surface area contributed by atoms with Crippen molar-refractivity contribution in [2.75, 3.05) is 13.2 Å². The molecule has 0 bridgehead atoms. The number of nitrogens with zero attached hydrogens (tertiary/aromatic N) is 1. The van der Waals surface area contributed by atoms with Crippen LogP contribution in [-0.2, 0) is 11.3 Å². The Morgan fingerprint density at radius 1 is 1.33 bits per heavy atom. The summed E-state index contributed by atoms with van der Waals surface area (Å²) < 4.78 is 12.7. The van der Waals surface area contributed by atoms with E-state index in [0.717, 1.165) is 28.3 Å². The molecule has 1 aromatic heterocycles. The summed E-state index contributed by atoms with van der Waals surface area (Å²) in [6.45, 7) is 5.28. The lowest BCUT2D eigenvalue weighted by atomic mass is 10.1. The minimum absolute atomic E-state index is 0.0276. The number of nitrogens with one attached hydrogen (secondary N) is 1. The third-order valence-corrected chi connectivity index (χ3v) is 4.86. The largest absolute Gasteiger partial charge is 0.486 e. The van der Waals surface area contributed by atoms with Crippen LogP contribution in [0.25, 0.3) is 0 Å². The molecule has 1 atom stereocenters. The minimum atomic E-state index is -0.145. The molecule has 0 spiro atoms. The molecule has 1 aliphatic rings. The predicted octanol–water partition coefficient (Wildman–Crippen LogP) is 2.26. The predicted molar refractivity (Wildman–Crippen MR) is 91.9 cm³/mol. The van der Waals surface area contributed by atoms with Crippen LogP contribution in [0.15, 0.2) is 28.4 Å². The fraction of sp³-hybridized carbons (Fsp3) is 0.412. The van der Waals surface area contributed by atoms with E-state index in [1.807, 2.05) is 32.0 Å². The summed E-state index contributed by atoms with van der Waals surface area (Å²) in [5.74, 6) is 1.35. The standard InChI is InChI=1S/C17H20N2O4S/c1-11-10-24-17(21)19(11)6-5-16(20)18-12(2)13-3-4-14-15(9-13)23-8-7-22-14/h3-4,9-10,12H,5-8H2,1-2H3,(H,18,20)/t12-/m1/s1. The number of fused-ring (bicyclic) bond motifs is 1. The number of thiazole rings is 1. The number of aryl methyl sites for hydroxylation is 1. The SMILES string of the molecule is Cc1csc(=O)n1CCC(=O)N[C@H](C)c1ccc2c(c1)OCCO2. The van der Waals surface area contributed by atoms with Gasteiger partial charge in [-0.15, -0.1) is 0 Å². The highest BCUT2D eigenvalue weighted by atomic mass is 32.1. The van der Waals surface area contributed by atoms with Gasteiger partial charge in [-0.3, -0.25) is 9.59 Å². The average Bonchev–Trinajstić information content (AvgIpc) is 2.90. The zero-order valence-corrected chi connectivity index (χ0v) is 14.5. The molecule has 2 aromatic rings. The fourth-order valence-electron chi connectivity index (χ4n) is 2.61. The van der Waals surface area contributed by atoms with Gasteiger partial charge in [0.25, 0.3) is 0 Å². The van der Waals surface area contributed by atoms with Crippen LogP contribution < -0.4 is 19.7 Å². The van der Waals surface area contributed by atoms with Crippen molar-refractivity contribution in [1.82, 2.24) is 9.88 Å². The topological polar surface area (TPSA) is 69.6 Å². The van der Waals surface area contributed by atoms with Gasteiger partial charge in [0.15, 0.2) is 11.5 Å². The van der Waals surface area contributed by atoms with Crippen molar-refractivity contribution in [2.24, 2.45) is 0 Å². The zero-order chi connectivity index (χ0) is 17.1. The van der Waals surface area contributed by atoms with E-state index in [-0.39, 0.29) is 23.2 Å². The van der Waals surface area contributed by atoms with E-state index < -0.39 is 0 Å². The molecule has 0 saturated carbocycles. The van der Waals surface area contributed by atoms with Crippen LogP contribution in [0, 0.1) is 6.92 Å². The second kappa shape index (κ2) is 7.09. The summed E-state index contributed by atoms with van der Waals surface area (Å²) in [6, 6.07) is 5.54. The van der Waals surface area contributed by atoms with E-state index in [9.17, 15) is 9.59 Å². The minimum Gasteiger partial charge on any atom is -0.486 e. The van der Waals surface area contributed by atoms with E-state index in [4.69, 9.17) is 9.47 Å². The van der Waals surface area contributed by atoms with Gasteiger partial charge in [0, 0.05) is 24.0 Å². The first-order valence-electron chi connectivity index (χ1n) is 7.88. The number of ether oxygens (including phenoxy) is 2. The maximum absolute atomic E-state index is 12.2. The average molecular weight is 348 g/mol. The quantitative estimate of drug-likeness (QED) is 0.900. The fourth-order valence-corrected chi connectivity index (χ4v) is 3.38. The molecular weight excluding hydrogens is 328 g/mol. The highest BCUT2D eigenvalue weighted by Gasteiger charge is 2.16. The van der Waals surface area contributed by atoms with Crippen LogP contribution in [0.1, 0.15) is 30.6 Å². The summed E-state index contributed by atoms with van der Waals surface area (Å²) >= 11 is 1.16. The molecule has 0 radical (unpaired) electrons. The Kier molecular flexibility index (Phi) is 4.89. The summed E-state index contributed by atoms with van der Waals surface area (Å²) in [4.78, 5) is 23.8. The van der Waals surface area contributed by atoms with Crippen LogP contribution in [0.3, 0.4) is 0 Å². The Hall–Kier alpha value is -2.28. The zero-order valence-electron chi connectivity index (χ0n) is 13.7. The van der Waals surface area contributed by atoms with Crippen LogP contribution in [-0.4, -0.2) is 23.7 Å². The molecular formula is C17H20N2O4S. The number of hydrogen-bond acceptors (Lipinski definition) is 5. The van der Waals surface area contributed by atoms with Gasteiger partial charge < -0.3 is 19.4 Å². The van der Waals surface area contributed by atoms with Crippen molar-refractivity contribution in [1.29, 1.82) is 0 Å². The van der Waals surface area contributed by atoms with Gasteiger partial charge in [0.05, 0.1) is 6.04 Å². The lowest BCUT2D eigenvalue weighted by Gasteiger charge is -2.21. The lowest BCUT2D eigenvalue weighted by molar-refractivity contribution is -0.121. The van der Waals surface area contributed by atoms with E-state index in [0.29, 0.717) is 25.5 Å². The van der Waals surface area contributed by atoms with Crippen LogP contribution in [0.2, 0.25) is 0 Å². The molecule has 1 aliphatic heterocycles. The first-order valence-corrected chi connectivity index (χ1v) is 8.76. The van der Waals surface area contributed by atoms with E-state index in [1.54, 1.807) is 9.95 Å². The summed E-state index contributed by atoms with van der Waals surface area (Å²) in [5.41, 5.74) is 1.84. The highest BCUT2D eigenvalue weighted by molar-refractivity contribution is 7.07. The molecule has 1 aromatic carbocycles. The Labute approximate surface area is 144 Å². The van der Waals surface area contributed by atoms with Crippen LogP contribution in [0.4, 0.5) is 0 Å². The summed E-state index contributed by atoms with van der Waals surface area (Å²) in [7, 11) is 0. The smallest absolute Gasteiger partial charge is 0.307 e. The molecule has 7 heteroatoms. The molecule has 0 fully saturated rings. The van der Waals surface area contributed by atoms with Crippen molar-refractivity contribution in [2.45, 2.75) is 32.9 Å². The van der Waals surface area contributed by atoms with E-state index in [1.165, 1.54) is 0 Å². The number of amides is 1. The summed E-state index contributed by atoms with van der Waals surface area (Å²) in [5, 5.41) is 4.76. The van der Waals surface area contributed by atoms with Crippen LogP contribution in [0.5, 0.6) is 11.5 Å². The molecule has 0 unspecified atom stereocenters. The third kappa shape index (κ3) is 3.62. The van der Waals surface area contributed by atoms with Gasteiger partial charge >= 0.3 is 4.87 Å². The van der Waals surface area contributed by atoms with Gasteiger partial charge in [-0.1, -0.05) is 17.4 Å². The highest BCUT2D eigenvalue weighted by Crippen LogP contribution is 2.32. The van der Waals surface area contributed by atoms with Crippen LogP contribution >= 0.6 is 11.3 Å². The molecule has 0 saturated heterocycles. The third-order valence-electron chi connectivity index (χ3n) is 3.98. The monoisotopic (exact) mass is 348 g/mol. The number of carbonyl (C=O) groups is 1. The van der Waals surface area contributed by atoms with Crippen molar-refractivity contribution >= 4 is 17.2 Å². The number of carbonyl (C=O) groups excluding carboxylic acids is 1.